The van der Waals surface area contributed by atoms with Crippen molar-refractivity contribution in [2.75, 3.05) is 18.5 Å². The molecule has 1 unspecified atom stereocenters. The standard InChI is InChI=1S/C16H23N3.C5H12/c1-6-8-11-15(17-5)14(4)19(7-2)16-13(3)10-9-12-18-16;1-3-5-4-2/h6,8-12,14H,1,7H2,2-5H3;3-5H2,1-2H3/b11-8-,17-15?;. The van der Waals surface area contributed by atoms with Crippen LogP contribution in [0.3, 0.4) is 0 Å². The summed E-state index contributed by atoms with van der Waals surface area (Å²) in [4.78, 5) is 11.1. The molecule has 1 heterocycles. The van der Waals surface area contributed by atoms with E-state index in [1.165, 1.54) is 24.8 Å². The van der Waals surface area contributed by atoms with Gasteiger partial charge in [-0.25, -0.2) is 4.98 Å². The van der Waals surface area contributed by atoms with E-state index in [2.05, 4.69) is 62.1 Å². The molecule has 0 N–H and O–H groups in total. The highest BCUT2D eigenvalue weighted by Gasteiger charge is 2.18. The first-order chi connectivity index (χ1) is 11.6. The van der Waals surface area contributed by atoms with Crippen molar-refractivity contribution < 1.29 is 0 Å². The molecule has 0 aliphatic carbocycles. The molecule has 0 aliphatic rings. The number of aryl methyl sites for hydroxylation is 1. The molecule has 0 fully saturated rings. The molecule has 24 heavy (non-hydrogen) atoms. The van der Waals surface area contributed by atoms with Crippen molar-refractivity contribution in [2.45, 2.75) is 59.9 Å². The van der Waals surface area contributed by atoms with Gasteiger partial charge in [-0.3, -0.25) is 4.99 Å². The van der Waals surface area contributed by atoms with E-state index in [1.807, 2.05) is 31.5 Å². The minimum Gasteiger partial charge on any atom is -0.348 e. The van der Waals surface area contributed by atoms with Crippen LogP contribution in [0, 0.1) is 6.92 Å². The van der Waals surface area contributed by atoms with Crippen molar-refractivity contribution in [1.82, 2.24) is 4.98 Å². The van der Waals surface area contributed by atoms with Crippen LogP contribution in [-0.2, 0) is 0 Å². The molecule has 0 aliphatic heterocycles. The van der Waals surface area contributed by atoms with Crippen LogP contribution in [0.15, 0.2) is 48.1 Å². The van der Waals surface area contributed by atoms with Gasteiger partial charge >= 0.3 is 0 Å². The maximum atomic E-state index is 4.49. The van der Waals surface area contributed by atoms with Crippen LogP contribution in [0.1, 0.15) is 52.5 Å². The van der Waals surface area contributed by atoms with Crippen molar-refractivity contribution >= 4 is 11.5 Å². The van der Waals surface area contributed by atoms with Gasteiger partial charge in [-0.2, -0.15) is 0 Å². The largest absolute Gasteiger partial charge is 0.348 e. The zero-order valence-electron chi connectivity index (χ0n) is 16.4. The van der Waals surface area contributed by atoms with Gasteiger partial charge in [0, 0.05) is 19.8 Å². The topological polar surface area (TPSA) is 28.5 Å². The van der Waals surface area contributed by atoms with Crippen LogP contribution in [-0.4, -0.2) is 30.3 Å². The number of anilines is 1. The first kappa shape index (κ1) is 22.1. The van der Waals surface area contributed by atoms with Crippen molar-refractivity contribution in [3.63, 3.8) is 0 Å². The highest BCUT2D eigenvalue weighted by Crippen LogP contribution is 2.19. The van der Waals surface area contributed by atoms with Gasteiger partial charge in [-0.05, 0) is 38.5 Å². The Labute approximate surface area is 149 Å². The normalized spacial score (nSPS) is 12.5. The predicted molar refractivity (Wildman–Crippen MR) is 109 cm³/mol. The quantitative estimate of drug-likeness (QED) is 0.458. The first-order valence-corrected chi connectivity index (χ1v) is 9.01. The van der Waals surface area contributed by atoms with E-state index in [0.29, 0.717) is 0 Å². The third-order valence-corrected chi connectivity index (χ3v) is 3.86. The predicted octanol–water partition coefficient (Wildman–Crippen LogP) is 5.61. The summed E-state index contributed by atoms with van der Waals surface area (Å²) in [5.41, 5.74) is 2.20. The molecule has 0 spiro atoms. The highest BCUT2D eigenvalue weighted by molar-refractivity contribution is 6.01. The Morgan fingerprint density at radius 3 is 2.42 bits per heavy atom. The maximum absolute atomic E-state index is 4.49. The fourth-order valence-corrected chi connectivity index (χ4v) is 2.47. The summed E-state index contributed by atoms with van der Waals surface area (Å²) in [6.45, 7) is 15.4. The molecular weight excluding hydrogens is 294 g/mol. The summed E-state index contributed by atoms with van der Waals surface area (Å²) >= 11 is 0. The molecule has 0 radical (unpaired) electrons. The molecule has 3 heteroatoms. The number of hydrogen-bond acceptors (Lipinski definition) is 3. The molecule has 3 nitrogen and oxygen atoms in total. The van der Waals surface area contributed by atoms with E-state index in [4.69, 9.17) is 0 Å². The molecule has 0 aromatic carbocycles. The van der Waals surface area contributed by atoms with Gasteiger partial charge in [0.25, 0.3) is 0 Å². The second-order valence-electron chi connectivity index (χ2n) is 5.70. The summed E-state index contributed by atoms with van der Waals surface area (Å²) < 4.78 is 0. The lowest BCUT2D eigenvalue weighted by Gasteiger charge is -2.30. The number of nitrogens with zero attached hydrogens (tertiary/aromatic N) is 3. The van der Waals surface area contributed by atoms with E-state index in [1.54, 1.807) is 6.08 Å². The number of unbranched alkanes of at least 4 members (excludes halogenated alkanes) is 2. The Kier molecular flexibility index (Phi) is 12.5. The molecule has 0 bridgehead atoms. The lowest BCUT2D eigenvalue weighted by atomic mass is 10.1. The monoisotopic (exact) mass is 329 g/mol. The van der Waals surface area contributed by atoms with Crippen molar-refractivity contribution in [1.29, 1.82) is 0 Å². The van der Waals surface area contributed by atoms with Crippen molar-refractivity contribution in [3.05, 3.63) is 48.7 Å². The zero-order valence-corrected chi connectivity index (χ0v) is 16.4. The van der Waals surface area contributed by atoms with Gasteiger partial charge < -0.3 is 4.90 Å². The number of allylic oxidation sites excluding steroid dienone is 2. The first-order valence-electron chi connectivity index (χ1n) is 9.01. The van der Waals surface area contributed by atoms with E-state index < -0.39 is 0 Å². The van der Waals surface area contributed by atoms with E-state index in [0.717, 1.165) is 18.1 Å². The minimum atomic E-state index is 0.180. The summed E-state index contributed by atoms with van der Waals surface area (Å²) in [7, 11) is 1.82. The van der Waals surface area contributed by atoms with Gasteiger partial charge in [0.15, 0.2) is 0 Å². The van der Waals surface area contributed by atoms with Crippen molar-refractivity contribution in [2.24, 2.45) is 4.99 Å². The third kappa shape index (κ3) is 7.58. The number of aromatic nitrogens is 1. The SMILES string of the molecule is C=C/C=C\C(=NC)C(C)N(CC)c1ncccc1C.CCCCC. The summed E-state index contributed by atoms with van der Waals surface area (Å²) in [5, 5.41) is 0. The Bertz CT molecular complexity index is 516. The molecule has 0 saturated carbocycles. The average Bonchev–Trinajstić information content (AvgIpc) is 2.59. The Balaban J connectivity index is 0.000000922. The van der Waals surface area contributed by atoms with Crippen LogP contribution < -0.4 is 4.90 Å². The molecule has 0 amide bonds. The average molecular weight is 330 g/mol. The number of hydrogen-bond donors (Lipinski definition) is 0. The zero-order chi connectivity index (χ0) is 18.4. The van der Waals surface area contributed by atoms with Crippen LogP contribution >= 0.6 is 0 Å². The Hall–Kier alpha value is -1.90. The second kappa shape index (κ2) is 13.5. The summed E-state index contributed by atoms with van der Waals surface area (Å²) in [6, 6.07) is 4.23. The van der Waals surface area contributed by atoms with Gasteiger partial charge in [-0.1, -0.05) is 57.9 Å². The lowest BCUT2D eigenvalue weighted by molar-refractivity contribution is 0.769. The Morgan fingerprint density at radius 2 is 2.00 bits per heavy atom. The van der Waals surface area contributed by atoms with Gasteiger partial charge in [0.2, 0.25) is 0 Å². The minimum absolute atomic E-state index is 0.180. The van der Waals surface area contributed by atoms with Gasteiger partial charge in [0.1, 0.15) is 5.82 Å². The van der Waals surface area contributed by atoms with Crippen LogP contribution in [0.5, 0.6) is 0 Å². The van der Waals surface area contributed by atoms with E-state index >= 15 is 0 Å². The van der Waals surface area contributed by atoms with E-state index in [9.17, 15) is 0 Å². The molecule has 134 valence electrons. The molecule has 1 aromatic heterocycles. The highest BCUT2D eigenvalue weighted by atomic mass is 15.2. The Morgan fingerprint density at radius 1 is 1.33 bits per heavy atom. The van der Waals surface area contributed by atoms with Crippen LogP contribution in [0.2, 0.25) is 0 Å². The molecular formula is C21H35N3. The molecule has 1 rings (SSSR count). The lowest BCUT2D eigenvalue weighted by Crippen LogP contribution is -2.39. The fraction of sp³-hybridized carbons (Fsp3) is 0.524. The van der Waals surface area contributed by atoms with Crippen LogP contribution in [0.25, 0.3) is 0 Å². The summed E-state index contributed by atoms with van der Waals surface area (Å²) in [5.74, 6) is 1.02. The maximum Gasteiger partial charge on any atom is 0.131 e. The smallest absolute Gasteiger partial charge is 0.131 e. The van der Waals surface area contributed by atoms with E-state index in [-0.39, 0.29) is 6.04 Å². The summed E-state index contributed by atoms with van der Waals surface area (Å²) in [6.07, 6.45) is 11.6. The van der Waals surface area contributed by atoms with Gasteiger partial charge in [0.05, 0.1) is 11.8 Å². The second-order valence-corrected chi connectivity index (χ2v) is 5.70. The number of aliphatic imine (C=N–C) groups is 1. The van der Waals surface area contributed by atoms with Gasteiger partial charge in [-0.15, -0.1) is 0 Å². The fourth-order valence-electron chi connectivity index (χ4n) is 2.47. The third-order valence-electron chi connectivity index (χ3n) is 3.86. The molecule has 1 atom stereocenters. The molecule has 0 saturated heterocycles. The number of rotatable bonds is 8. The number of pyridine rings is 1. The van der Waals surface area contributed by atoms with Crippen LogP contribution in [0.4, 0.5) is 5.82 Å². The molecule has 1 aromatic rings. The van der Waals surface area contributed by atoms with Crippen molar-refractivity contribution in [3.8, 4) is 0 Å².